The number of hydrogen-bond donors (Lipinski definition) is 0. The predicted octanol–water partition coefficient (Wildman–Crippen LogP) is 17.7. The molecule has 2 heteroatoms. The van der Waals surface area contributed by atoms with Crippen LogP contribution in [0.15, 0.2) is 237 Å². The van der Waals surface area contributed by atoms with Crippen LogP contribution in [-0.2, 0) is 0 Å². The summed E-state index contributed by atoms with van der Waals surface area (Å²) in [5.74, 6) is 0. The lowest BCUT2D eigenvalue weighted by molar-refractivity contribution is 1.30. The van der Waals surface area contributed by atoms with E-state index in [-0.39, 0.29) is 0 Å². The van der Waals surface area contributed by atoms with Crippen LogP contribution in [0.2, 0.25) is 0 Å². The van der Waals surface area contributed by atoms with Crippen molar-refractivity contribution >= 4 is 80.9 Å². The van der Waals surface area contributed by atoms with E-state index in [1.807, 2.05) is 11.3 Å². The van der Waals surface area contributed by atoms with Crippen molar-refractivity contribution in [3.05, 3.63) is 237 Å². The Kier molecular flexibility index (Phi) is 8.76. The molecule has 290 valence electrons. The van der Waals surface area contributed by atoms with Crippen LogP contribution in [0.4, 0.5) is 17.1 Å². The van der Waals surface area contributed by atoms with E-state index in [2.05, 4.69) is 241 Å². The largest absolute Gasteiger partial charge is 0.309 e. The lowest BCUT2D eigenvalue weighted by atomic mass is 9.85. The molecule has 0 spiro atoms. The van der Waals surface area contributed by atoms with E-state index in [9.17, 15) is 0 Å². The maximum atomic E-state index is 2.46. The molecule has 0 aliphatic rings. The molecule has 0 saturated heterocycles. The van der Waals surface area contributed by atoms with E-state index in [1.165, 1.54) is 97.0 Å². The Balaban J connectivity index is 1.07. The van der Waals surface area contributed by atoms with Gasteiger partial charge in [-0.2, -0.15) is 0 Å². The SMILES string of the molecule is c1ccc(-c2cc(-c3ccc(N(c4cccc(-c5c(-c6ccccc6)c6ccccc6c6ccccc56)c4)c4cccc5c4sc4ccccc45)cc3)cc3ccccc23)cc1. The van der Waals surface area contributed by atoms with Crippen LogP contribution in [0.5, 0.6) is 0 Å². The van der Waals surface area contributed by atoms with E-state index in [1.54, 1.807) is 0 Å². The molecule has 1 aromatic heterocycles. The molecule has 12 rings (SSSR count). The molecular weight excluding hydrogens is 767 g/mol. The third kappa shape index (κ3) is 6.07. The molecule has 12 aromatic rings. The van der Waals surface area contributed by atoms with Gasteiger partial charge in [-0.05, 0) is 125 Å². The van der Waals surface area contributed by atoms with Crippen LogP contribution in [-0.4, -0.2) is 0 Å². The first-order valence-corrected chi connectivity index (χ1v) is 22.1. The Bertz CT molecular complexity index is 3620. The zero-order valence-corrected chi connectivity index (χ0v) is 34.7. The van der Waals surface area contributed by atoms with E-state index < -0.39 is 0 Å². The monoisotopic (exact) mass is 805 g/mol. The Morgan fingerprint density at radius 2 is 0.839 bits per heavy atom. The Morgan fingerprint density at radius 1 is 0.290 bits per heavy atom. The fraction of sp³-hybridized carbons (Fsp3) is 0. The minimum atomic E-state index is 1.10. The molecule has 1 heterocycles. The first-order valence-electron chi connectivity index (χ1n) is 21.3. The standard InChI is InChI=1S/C60H39NS/c1-3-17-41(18-4-1)55-39-45(37-43-21-7-8-24-48(43)55)40-33-35-46(36-34-40)61(56-31-16-30-54-51-27-13-14-32-57(51)62-60(54)56)47-23-15-22-44(38-47)59-53-29-12-10-26-50(53)49-25-9-11-28-52(49)58(59)42-19-5-2-6-20-42/h1-39H. The van der Waals surface area contributed by atoms with E-state index in [0.717, 1.165) is 17.1 Å². The van der Waals surface area contributed by atoms with Crippen molar-refractivity contribution in [1.29, 1.82) is 0 Å². The lowest BCUT2D eigenvalue weighted by Gasteiger charge is -2.27. The molecular formula is C60H39NS. The molecule has 1 nitrogen and oxygen atoms in total. The first kappa shape index (κ1) is 36.1. The fourth-order valence-electron chi connectivity index (χ4n) is 9.62. The summed E-state index contributed by atoms with van der Waals surface area (Å²) in [7, 11) is 0. The van der Waals surface area contributed by atoms with Crippen molar-refractivity contribution in [2.24, 2.45) is 0 Å². The van der Waals surface area contributed by atoms with Crippen molar-refractivity contribution in [3.63, 3.8) is 0 Å². The van der Waals surface area contributed by atoms with E-state index in [4.69, 9.17) is 0 Å². The highest BCUT2D eigenvalue weighted by molar-refractivity contribution is 7.26. The van der Waals surface area contributed by atoms with Gasteiger partial charge in [-0.15, -0.1) is 11.3 Å². The predicted molar refractivity (Wildman–Crippen MR) is 268 cm³/mol. The van der Waals surface area contributed by atoms with Gasteiger partial charge in [-0.1, -0.05) is 188 Å². The van der Waals surface area contributed by atoms with Crippen LogP contribution in [0, 0.1) is 0 Å². The maximum absolute atomic E-state index is 2.46. The Hall–Kier alpha value is -7.78. The highest BCUT2D eigenvalue weighted by Crippen LogP contribution is 2.48. The fourth-order valence-corrected chi connectivity index (χ4v) is 10.8. The van der Waals surface area contributed by atoms with Crippen LogP contribution in [0.3, 0.4) is 0 Å². The molecule has 0 unspecified atom stereocenters. The quantitative estimate of drug-likeness (QED) is 0.145. The van der Waals surface area contributed by atoms with E-state index in [0.29, 0.717) is 0 Å². The number of hydrogen-bond acceptors (Lipinski definition) is 2. The lowest BCUT2D eigenvalue weighted by Crippen LogP contribution is -2.10. The van der Waals surface area contributed by atoms with Crippen LogP contribution in [0.1, 0.15) is 0 Å². The van der Waals surface area contributed by atoms with Gasteiger partial charge in [0.2, 0.25) is 0 Å². The van der Waals surface area contributed by atoms with Crippen molar-refractivity contribution in [3.8, 4) is 44.5 Å². The maximum Gasteiger partial charge on any atom is 0.0640 e. The van der Waals surface area contributed by atoms with Gasteiger partial charge in [0.05, 0.1) is 10.4 Å². The molecule has 0 aliphatic heterocycles. The van der Waals surface area contributed by atoms with Crippen molar-refractivity contribution in [1.82, 2.24) is 0 Å². The van der Waals surface area contributed by atoms with E-state index >= 15 is 0 Å². The number of anilines is 3. The summed E-state index contributed by atoms with van der Waals surface area (Å²) in [4.78, 5) is 2.46. The second-order valence-electron chi connectivity index (χ2n) is 16.0. The Labute approximate surface area is 365 Å². The van der Waals surface area contributed by atoms with Gasteiger partial charge in [0.15, 0.2) is 0 Å². The third-order valence-electron chi connectivity index (χ3n) is 12.4. The molecule has 0 bridgehead atoms. The average Bonchev–Trinajstić information content (AvgIpc) is 3.74. The zero-order chi connectivity index (χ0) is 41.0. The summed E-state index contributed by atoms with van der Waals surface area (Å²) in [6.45, 7) is 0. The molecule has 62 heavy (non-hydrogen) atoms. The summed E-state index contributed by atoms with van der Waals surface area (Å²) >= 11 is 1.87. The van der Waals surface area contributed by atoms with Crippen LogP contribution < -0.4 is 4.90 Å². The minimum Gasteiger partial charge on any atom is -0.309 e. The summed E-state index contributed by atoms with van der Waals surface area (Å²) in [5.41, 5.74) is 13.1. The number of thiophene rings is 1. The van der Waals surface area contributed by atoms with Crippen LogP contribution >= 0.6 is 11.3 Å². The molecule has 0 fully saturated rings. The number of benzene rings is 11. The van der Waals surface area contributed by atoms with Gasteiger partial charge in [0, 0.05) is 26.8 Å². The smallest absolute Gasteiger partial charge is 0.0640 e. The third-order valence-corrected chi connectivity index (χ3v) is 13.6. The van der Waals surface area contributed by atoms with Gasteiger partial charge in [0.1, 0.15) is 0 Å². The summed E-state index contributed by atoms with van der Waals surface area (Å²) in [5, 5.41) is 10.1. The minimum absolute atomic E-state index is 1.10. The zero-order valence-electron chi connectivity index (χ0n) is 33.9. The highest BCUT2D eigenvalue weighted by atomic mass is 32.1. The second-order valence-corrected chi connectivity index (χ2v) is 17.1. The summed E-state index contributed by atoms with van der Waals surface area (Å²) in [6.07, 6.45) is 0. The molecule has 0 saturated carbocycles. The van der Waals surface area contributed by atoms with Gasteiger partial charge >= 0.3 is 0 Å². The van der Waals surface area contributed by atoms with Gasteiger partial charge < -0.3 is 4.90 Å². The molecule has 0 N–H and O–H groups in total. The normalized spacial score (nSPS) is 11.5. The Morgan fingerprint density at radius 3 is 1.56 bits per heavy atom. The van der Waals surface area contributed by atoms with Gasteiger partial charge in [-0.25, -0.2) is 0 Å². The highest BCUT2D eigenvalue weighted by Gasteiger charge is 2.22. The van der Waals surface area contributed by atoms with Crippen molar-refractivity contribution in [2.45, 2.75) is 0 Å². The number of nitrogens with zero attached hydrogens (tertiary/aromatic N) is 1. The number of rotatable bonds is 7. The summed E-state index contributed by atoms with van der Waals surface area (Å²) < 4.78 is 2.56. The van der Waals surface area contributed by atoms with Gasteiger partial charge in [0.25, 0.3) is 0 Å². The topological polar surface area (TPSA) is 3.24 Å². The number of fused-ring (bicyclic) bond motifs is 7. The average molecular weight is 806 g/mol. The van der Waals surface area contributed by atoms with Gasteiger partial charge in [-0.3, -0.25) is 0 Å². The van der Waals surface area contributed by atoms with Crippen molar-refractivity contribution in [2.75, 3.05) is 4.90 Å². The molecule has 0 radical (unpaired) electrons. The molecule has 0 aliphatic carbocycles. The second kappa shape index (κ2) is 15.0. The molecule has 11 aromatic carbocycles. The first-order chi connectivity index (χ1) is 30.8. The van der Waals surface area contributed by atoms with Crippen LogP contribution in [0.25, 0.3) is 97.0 Å². The summed E-state index contributed by atoms with van der Waals surface area (Å²) in [6, 6.07) is 86.7. The molecule has 0 amide bonds. The van der Waals surface area contributed by atoms with Crippen molar-refractivity contribution < 1.29 is 0 Å². The molecule has 0 atom stereocenters.